The van der Waals surface area contributed by atoms with E-state index in [1.165, 1.54) is 12.1 Å². The summed E-state index contributed by atoms with van der Waals surface area (Å²) in [5.74, 6) is 0.316. The number of pyridine rings is 1. The summed E-state index contributed by atoms with van der Waals surface area (Å²) in [4.78, 5) is 3.93. The molecule has 2 aromatic rings. The first-order valence-corrected chi connectivity index (χ1v) is 6.11. The number of aromatic hydroxyl groups is 1. The van der Waals surface area contributed by atoms with Crippen LogP contribution in [0, 0.1) is 0 Å². The Morgan fingerprint density at radius 1 is 1.11 bits per heavy atom. The molecule has 0 saturated carbocycles. The second-order valence-corrected chi connectivity index (χ2v) is 4.72. The number of hydrogen-bond acceptors (Lipinski definition) is 3. The summed E-state index contributed by atoms with van der Waals surface area (Å²) in [7, 11) is 0. The molecule has 0 saturated heterocycles. The van der Waals surface area contributed by atoms with E-state index in [1.807, 2.05) is 0 Å². The third-order valence-electron chi connectivity index (χ3n) is 2.15. The van der Waals surface area contributed by atoms with Crippen LogP contribution in [-0.2, 0) is 6.61 Å². The summed E-state index contributed by atoms with van der Waals surface area (Å²) in [6.45, 7) is 0.258. The first-order valence-electron chi connectivity index (χ1n) is 4.97. The van der Waals surface area contributed by atoms with E-state index in [9.17, 15) is 5.11 Å². The van der Waals surface area contributed by atoms with Crippen molar-refractivity contribution in [2.45, 2.75) is 6.61 Å². The van der Waals surface area contributed by atoms with E-state index in [0.717, 1.165) is 5.56 Å². The van der Waals surface area contributed by atoms with Crippen LogP contribution in [0.4, 0.5) is 0 Å². The molecule has 6 heteroatoms. The fourth-order valence-corrected chi connectivity index (χ4v) is 2.03. The molecule has 0 aliphatic rings. The van der Waals surface area contributed by atoms with Crippen molar-refractivity contribution in [2.75, 3.05) is 0 Å². The highest BCUT2D eigenvalue weighted by Crippen LogP contribution is 2.36. The molecule has 1 N–H and O–H groups in total. The molecular weight excluding hydrogens is 296 g/mol. The highest BCUT2D eigenvalue weighted by Gasteiger charge is 2.09. The molecule has 3 nitrogen and oxygen atoms in total. The fourth-order valence-electron chi connectivity index (χ4n) is 1.33. The molecule has 0 aliphatic carbocycles. The number of nitrogens with zero attached hydrogens (tertiary/aromatic N) is 1. The number of benzene rings is 1. The molecule has 0 amide bonds. The van der Waals surface area contributed by atoms with Crippen LogP contribution in [-0.4, -0.2) is 10.1 Å². The maximum absolute atomic E-state index is 9.29. The van der Waals surface area contributed by atoms with Gasteiger partial charge in [0.15, 0.2) is 5.75 Å². The molecule has 0 unspecified atom stereocenters. The number of rotatable bonds is 3. The summed E-state index contributed by atoms with van der Waals surface area (Å²) in [5.41, 5.74) is 0.833. The van der Waals surface area contributed by atoms with Crippen molar-refractivity contribution in [2.24, 2.45) is 0 Å². The summed E-state index contributed by atoms with van der Waals surface area (Å²) in [6.07, 6.45) is 1.60. The van der Waals surface area contributed by atoms with Gasteiger partial charge < -0.3 is 9.84 Å². The minimum atomic E-state index is -0.00879. The Balaban J connectivity index is 2.13. The van der Waals surface area contributed by atoms with Crippen molar-refractivity contribution in [3.05, 3.63) is 51.2 Å². The van der Waals surface area contributed by atoms with Crippen LogP contribution in [0.3, 0.4) is 0 Å². The van der Waals surface area contributed by atoms with Gasteiger partial charge >= 0.3 is 0 Å². The van der Waals surface area contributed by atoms with Crippen LogP contribution in [0.15, 0.2) is 30.5 Å². The predicted octanol–water partition coefficient (Wildman–Crippen LogP) is 4.33. The lowest BCUT2D eigenvalue weighted by Crippen LogP contribution is -1.97. The van der Waals surface area contributed by atoms with E-state index in [1.54, 1.807) is 18.3 Å². The average Bonchev–Trinajstić information content (AvgIpc) is 2.30. The van der Waals surface area contributed by atoms with Gasteiger partial charge in [0.05, 0.1) is 10.0 Å². The Hall–Kier alpha value is -1.16. The first kappa shape index (κ1) is 13.3. The zero-order chi connectivity index (χ0) is 13.1. The van der Waals surface area contributed by atoms with E-state index >= 15 is 0 Å². The zero-order valence-corrected chi connectivity index (χ0v) is 11.3. The van der Waals surface area contributed by atoms with E-state index in [-0.39, 0.29) is 22.4 Å². The molecule has 94 valence electrons. The second kappa shape index (κ2) is 5.65. The number of halogens is 3. The van der Waals surface area contributed by atoms with Gasteiger partial charge in [-0.25, -0.2) is 4.98 Å². The molecule has 0 aliphatic heterocycles. The minimum absolute atomic E-state index is 0.00879. The van der Waals surface area contributed by atoms with Gasteiger partial charge in [0, 0.05) is 23.9 Å². The summed E-state index contributed by atoms with van der Waals surface area (Å²) >= 11 is 17.5. The fraction of sp³-hybridized carbons (Fsp3) is 0.0833. The van der Waals surface area contributed by atoms with Crippen molar-refractivity contribution < 1.29 is 9.84 Å². The Morgan fingerprint density at radius 2 is 1.78 bits per heavy atom. The third-order valence-corrected chi connectivity index (χ3v) is 2.94. The van der Waals surface area contributed by atoms with Gasteiger partial charge in [-0.2, -0.15) is 0 Å². The quantitative estimate of drug-likeness (QED) is 0.858. The molecule has 18 heavy (non-hydrogen) atoms. The maximum atomic E-state index is 9.29. The number of phenols is 1. The van der Waals surface area contributed by atoms with Crippen LogP contribution in [0.2, 0.25) is 15.2 Å². The normalized spacial score (nSPS) is 10.4. The second-order valence-electron chi connectivity index (χ2n) is 3.52. The van der Waals surface area contributed by atoms with Crippen molar-refractivity contribution in [3.63, 3.8) is 0 Å². The molecule has 0 atom stereocenters. The van der Waals surface area contributed by atoms with E-state index in [2.05, 4.69) is 4.98 Å². The number of hydrogen-bond donors (Lipinski definition) is 1. The Labute approximate surface area is 119 Å². The van der Waals surface area contributed by atoms with Crippen LogP contribution in [0.5, 0.6) is 11.5 Å². The van der Waals surface area contributed by atoms with Gasteiger partial charge in [-0.15, -0.1) is 0 Å². The molecule has 0 fully saturated rings. The summed E-state index contributed by atoms with van der Waals surface area (Å²) < 4.78 is 5.49. The Morgan fingerprint density at radius 3 is 2.33 bits per heavy atom. The van der Waals surface area contributed by atoms with Crippen LogP contribution < -0.4 is 4.74 Å². The van der Waals surface area contributed by atoms with Crippen molar-refractivity contribution >= 4 is 34.8 Å². The van der Waals surface area contributed by atoms with Crippen LogP contribution in [0.1, 0.15) is 5.56 Å². The molecular formula is C12H8Cl3NO2. The van der Waals surface area contributed by atoms with Crippen molar-refractivity contribution in [3.8, 4) is 11.5 Å². The van der Waals surface area contributed by atoms with E-state index < -0.39 is 0 Å². The van der Waals surface area contributed by atoms with Gasteiger partial charge in [-0.1, -0.05) is 40.9 Å². The van der Waals surface area contributed by atoms with Gasteiger partial charge in [-0.3, -0.25) is 0 Å². The van der Waals surface area contributed by atoms with Gasteiger partial charge in [0.2, 0.25) is 0 Å². The summed E-state index contributed by atoms with van der Waals surface area (Å²) in [5, 5.41) is 10.2. The molecule has 1 heterocycles. The number of phenolic OH excluding ortho intramolecular Hbond substituents is 1. The number of ether oxygens (including phenoxy) is 1. The minimum Gasteiger partial charge on any atom is -0.508 e. The lowest BCUT2D eigenvalue weighted by Gasteiger charge is -2.10. The standard InChI is InChI=1S/C12H8Cl3NO2/c13-9-3-8(17)4-10(14)12(9)18-6-7-1-2-11(15)16-5-7/h1-5,17H,6H2. The Kier molecular flexibility index (Phi) is 4.17. The van der Waals surface area contributed by atoms with Crippen molar-refractivity contribution in [1.82, 2.24) is 4.98 Å². The predicted molar refractivity (Wildman–Crippen MR) is 71.7 cm³/mol. The largest absolute Gasteiger partial charge is 0.508 e. The van der Waals surface area contributed by atoms with E-state index in [0.29, 0.717) is 10.9 Å². The molecule has 1 aromatic carbocycles. The first-order chi connectivity index (χ1) is 8.56. The molecule has 0 radical (unpaired) electrons. The monoisotopic (exact) mass is 303 g/mol. The smallest absolute Gasteiger partial charge is 0.157 e. The van der Waals surface area contributed by atoms with Gasteiger partial charge in [0.1, 0.15) is 17.5 Å². The topological polar surface area (TPSA) is 42.4 Å². The van der Waals surface area contributed by atoms with Gasteiger partial charge in [-0.05, 0) is 6.07 Å². The lowest BCUT2D eigenvalue weighted by molar-refractivity contribution is 0.305. The lowest BCUT2D eigenvalue weighted by atomic mass is 10.3. The molecule has 1 aromatic heterocycles. The van der Waals surface area contributed by atoms with Crippen molar-refractivity contribution in [1.29, 1.82) is 0 Å². The van der Waals surface area contributed by atoms with E-state index in [4.69, 9.17) is 39.5 Å². The average molecular weight is 305 g/mol. The molecule has 0 spiro atoms. The SMILES string of the molecule is Oc1cc(Cl)c(OCc2ccc(Cl)nc2)c(Cl)c1. The third kappa shape index (κ3) is 3.19. The molecule has 0 bridgehead atoms. The zero-order valence-electron chi connectivity index (χ0n) is 9.03. The van der Waals surface area contributed by atoms with Gasteiger partial charge in [0.25, 0.3) is 0 Å². The highest BCUT2D eigenvalue weighted by atomic mass is 35.5. The maximum Gasteiger partial charge on any atom is 0.157 e. The molecule has 2 rings (SSSR count). The highest BCUT2D eigenvalue weighted by molar-refractivity contribution is 6.37. The Bertz CT molecular complexity index is 535. The van der Waals surface area contributed by atoms with Crippen LogP contribution in [0.25, 0.3) is 0 Å². The number of aromatic nitrogens is 1. The summed E-state index contributed by atoms with van der Waals surface area (Å²) in [6, 6.07) is 6.18. The van der Waals surface area contributed by atoms with Crippen LogP contribution >= 0.6 is 34.8 Å².